The molecule has 0 bridgehead atoms. The van der Waals surface area contributed by atoms with Gasteiger partial charge in [-0.15, -0.1) is 5.10 Å². The Morgan fingerprint density at radius 3 is 3.19 bits per heavy atom. The van der Waals surface area contributed by atoms with Crippen LogP contribution in [0.2, 0.25) is 0 Å². The molecule has 0 radical (unpaired) electrons. The number of carbonyl (C=O) groups is 1. The molecule has 2 aromatic heterocycles. The third-order valence-electron chi connectivity index (χ3n) is 3.74. The molecule has 112 valence electrons. The van der Waals surface area contributed by atoms with Gasteiger partial charge in [-0.2, -0.15) is 4.98 Å². The SMILES string of the molecule is O=C(O)CNCC1CCCN(c2nc3ccccn3n2)C1. The Morgan fingerprint density at radius 2 is 2.38 bits per heavy atom. The van der Waals surface area contributed by atoms with E-state index in [4.69, 9.17) is 5.11 Å². The lowest BCUT2D eigenvalue weighted by molar-refractivity contribution is -0.136. The Kier molecular flexibility index (Phi) is 4.01. The molecule has 1 aliphatic heterocycles. The molecule has 7 nitrogen and oxygen atoms in total. The molecule has 2 N–H and O–H groups in total. The monoisotopic (exact) mass is 289 g/mol. The molecule has 0 saturated carbocycles. The summed E-state index contributed by atoms with van der Waals surface area (Å²) in [6.45, 7) is 2.55. The smallest absolute Gasteiger partial charge is 0.317 e. The maximum Gasteiger partial charge on any atom is 0.317 e. The van der Waals surface area contributed by atoms with E-state index in [2.05, 4.69) is 20.3 Å². The predicted octanol–water partition coefficient (Wildman–Crippen LogP) is 0.620. The van der Waals surface area contributed by atoms with Crippen molar-refractivity contribution in [2.75, 3.05) is 31.1 Å². The number of aliphatic carboxylic acids is 1. The van der Waals surface area contributed by atoms with Crippen molar-refractivity contribution < 1.29 is 9.90 Å². The van der Waals surface area contributed by atoms with Gasteiger partial charge in [0, 0.05) is 25.8 Å². The molecule has 0 aromatic carbocycles. The Bertz CT molecular complexity index is 594. The maximum absolute atomic E-state index is 10.5. The summed E-state index contributed by atoms with van der Waals surface area (Å²) in [4.78, 5) is 17.3. The van der Waals surface area contributed by atoms with Gasteiger partial charge in [0.25, 0.3) is 0 Å². The van der Waals surface area contributed by atoms with Gasteiger partial charge < -0.3 is 15.3 Å². The first kappa shape index (κ1) is 13.8. The molecule has 1 aliphatic rings. The fraction of sp³-hybridized carbons (Fsp3) is 0.500. The van der Waals surface area contributed by atoms with Crippen LogP contribution in [-0.4, -0.2) is 51.9 Å². The van der Waals surface area contributed by atoms with Gasteiger partial charge in [-0.1, -0.05) is 6.07 Å². The molecular formula is C14H19N5O2. The Labute approximate surface area is 122 Å². The van der Waals surface area contributed by atoms with Gasteiger partial charge in [0.15, 0.2) is 5.65 Å². The quantitative estimate of drug-likeness (QED) is 0.839. The summed E-state index contributed by atoms with van der Waals surface area (Å²) in [7, 11) is 0. The molecule has 1 fully saturated rings. The molecule has 3 rings (SSSR count). The summed E-state index contributed by atoms with van der Waals surface area (Å²) in [6.07, 6.45) is 4.08. The summed E-state index contributed by atoms with van der Waals surface area (Å²) in [5.74, 6) is 0.374. The van der Waals surface area contributed by atoms with Crippen molar-refractivity contribution >= 4 is 17.6 Å². The summed E-state index contributed by atoms with van der Waals surface area (Å²) < 4.78 is 1.78. The number of pyridine rings is 1. The topological polar surface area (TPSA) is 82.8 Å². The average molecular weight is 289 g/mol. The summed E-state index contributed by atoms with van der Waals surface area (Å²) >= 11 is 0. The highest BCUT2D eigenvalue weighted by atomic mass is 16.4. The van der Waals surface area contributed by atoms with Crippen LogP contribution in [0.15, 0.2) is 24.4 Å². The highest BCUT2D eigenvalue weighted by Gasteiger charge is 2.22. The number of aromatic nitrogens is 3. The zero-order chi connectivity index (χ0) is 14.7. The van der Waals surface area contributed by atoms with Gasteiger partial charge in [-0.3, -0.25) is 4.79 Å². The van der Waals surface area contributed by atoms with E-state index >= 15 is 0 Å². The molecule has 0 aliphatic carbocycles. The first-order chi connectivity index (χ1) is 10.2. The van der Waals surface area contributed by atoms with Crippen molar-refractivity contribution in [2.45, 2.75) is 12.8 Å². The van der Waals surface area contributed by atoms with Gasteiger partial charge in [-0.05, 0) is 30.9 Å². The van der Waals surface area contributed by atoms with Gasteiger partial charge in [-0.25, -0.2) is 4.52 Å². The Hall–Kier alpha value is -2.15. The summed E-state index contributed by atoms with van der Waals surface area (Å²) in [5.41, 5.74) is 0.846. The lowest BCUT2D eigenvalue weighted by atomic mass is 9.98. The van der Waals surface area contributed by atoms with E-state index in [0.717, 1.165) is 44.1 Å². The van der Waals surface area contributed by atoms with Gasteiger partial charge in [0.2, 0.25) is 5.95 Å². The summed E-state index contributed by atoms with van der Waals surface area (Å²) in [5, 5.41) is 16.1. The minimum Gasteiger partial charge on any atom is -0.480 e. The maximum atomic E-state index is 10.5. The van der Waals surface area contributed by atoms with Crippen LogP contribution in [0.4, 0.5) is 5.95 Å². The molecule has 3 heterocycles. The van der Waals surface area contributed by atoms with Gasteiger partial charge in [0.1, 0.15) is 0 Å². The molecule has 21 heavy (non-hydrogen) atoms. The predicted molar refractivity (Wildman–Crippen MR) is 78.4 cm³/mol. The second kappa shape index (κ2) is 6.09. The number of carboxylic acid groups (broad SMARTS) is 1. The van der Waals surface area contributed by atoms with Crippen LogP contribution >= 0.6 is 0 Å². The van der Waals surface area contributed by atoms with E-state index in [-0.39, 0.29) is 6.54 Å². The third-order valence-corrected chi connectivity index (χ3v) is 3.74. The van der Waals surface area contributed by atoms with Crippen molar-refractivity contribution in [3.05, 3.63) is 24.4 Å². The van der Waals surface area contributed by atoms with Crippen molar-refractivity contribution in [1.82, 2.24) is 19.9 Å². The molecule has 1 saturated heterocycles. The van der Waals surface area contributed by atoms with Crippen LogP contribution in [-0.2, 0) is 4.79 Å². The fourth-order valence-corrected chi connectivity index (χ4v) is 2.75. The number of nitrogens with one attached hydrogen (secondary N) is 1. The van der Waals surface area contributed by atoms with Crippen LogP contribution in [0.25, 0.3) is 5.65 Å². The minimum absolute atomic E-state index is 0.0170. The first-order valence-corrected chi connectivity index (χ1v) is 7.21. The average Bonchev–Trinajstić information content (AvgIpc) is 2.91. The number of fused-ring (bicyclic) bond motifs is 1. The van der Waals surface area contributed by atoms with Crippen molar-refractivity contribution in [2.24, 2.45) is 5.92 Å². The van der Waals surface area contributed by atoms with Crippen molar-refractivity contribution in [1.29, 1.82) is 0 Å². The molecule has 2 aromatic rings. The van der Waals surface area contributed by atoms with Crippen molar-refractivity contribution in [3.63, 3.8) is 0 Å². The van der Waals surface area contributed by atoms with E-state index < -0.39 is 5.97 Å². The number of rotatable bonds is 5. The molecule has 0 amide bonds. The van der Waals surface area contributed by atoms with Crippen molar-refractivity contribution in [3.8, 4) is 0 Å². The highest BCUT2D eigenvalue weighted by Crippen LogP contribution is 2.20. The van der Waals surface area contributed by atoms with Crippen LogP contribution in [0, 0.1) is 5.92 Å². The molecule has 1 atom stereocenters. The number of carboxylic acids is 1. The van der Waals surface area contributed by atoms with E-state index in [1.165, 1.54) is 0 Å². The summed E-state index contributed by atoms with van der Waals surface area (Å²) in [6, 6.07) is 5.81. The number of hydrogen-bond acceptors (Lipinski definition) is 5. The molecular weight excluding hydrogens is 270 g/mol. The lowest BCUT2D eigenvalue weighted by Crippen LogP contribution is -2.41. The molecule has 1 unspecified atom stereocenters. The molecule has 7 heteroatoms. The van der Waals surface area contributed by atoms with Gasteiger partial charge >= 0.3 is 5.97 Å². The minimum atomic E-state index is -0.815. The third kappa shape index (κ3) is 3.30. The molecule has 0 spiro atoms. The van der Waals surface area contributed by atoms with E-state index in [0.29, 0.717) is 5.92 Å². The standard InChI is InChI=1S/C14H19N5O2/c20-13(21)9-15-8-11-4-3-6-18(10-11)14-16-12-5-1-2-7-19(12)17-14/h1-2,5,7,11,15H,3-4,6,8-10H2,(H,20,21). The van der Waals surface area contributed by atoms with E-state index in [1.807, 2.05) is 24.4 Å². The number of nitrogens with zero attached hydrogens (tertiary/aromatic N) is 4. The van der Waals surface area contributed by atoms with E-state index in [9.17, 15) is 4.79 Å². The fourth-order valence-electron chi connectivity index (χ4n) is 2.75. The van der Waals surface area contributed by atoms with Crippen LogP contribution in [0.5, 0.6) is 0 Å². The Morgan fingerprint density at radius 1 is 1.48 bits per heavy atom. The zero-order valence-corrected chi connectivity index (χ0v) is 11.8. The van der Waals surface area contributed by atoms with Crippen LogP contribution in [0.1, 0.15) is 12.8 Å². The second-order valence-corrected chi connectivity index (χ2v) is 5.39. The highest BCUT2D eigenvalue weighted by molar-refractivity contribution is 5.68. The number of anilines is 1. The Balaban J connectivity index is 1.63. The lowest BCUT2D eigenvalue weighted by Gasteiger charge is -2.31. The number of piperidine rings is 1. The van der Waals surface area contributed by atoms with Gasteiger partial charge in [0.05, 0.1) is 6.54 Å². The van der Waals surface area contributed by atoms with Crippen LogP contribution < -0.4 is 10.2 Å². The largest absolute Gasteiger partial charge is 0.480 e. The first-order valence-electron chi connectivity index (χ1n) is 7.21. The van der Waals surface area contributed by atoms with E-state index in [1.54, 1.807) is 4.52 Å². The zero-order valence-electron chi connectivity index (χ0n) is 11.8. The van der Waals surface area contributed by atoms with Crippen LogP contribution in [0.3, 0.4) is 0 Å². The number of hydrogen-bond donors (Lipinski definition) is 2. The normalized spacial score (nSPS) is 19.0. The second-order valence-electron chi connectivity index (χ2n) is 5.39.